The number of nitrogens with one attached hydrogen (secondary N) is 2. The number of ether oxygens (including phenoxy) is 1. The molecule has 0 aliphatic rings. The van der Waals surface area contributed by atoms with Gasteiger partial charge in [-0.2, -0.15) is 0 Å². The van der Waals surface area contributed by atoms with Crippen molar-refractivity contribution in [3.05, 3.63) is 82.1 Å². The van der Waals surface area contributed by atoms with E-state index in [2.05, 4.69) is 10.3 Å². The number of amides is 1. The number of esters is 1. The van der Waals surface area contributed by atoms with Gasteiger partial charge in [0.25, 0.3) is 5.91 Å². The molecular formula is C21H20N2O4. The topological polar surface area (TPSA) is 88.3 Å². The third kappa shape index (κ3) is 4.23. The minimum absolute atomic E-state index is 0.130. The summed E-state index contributed by atoms with van der Waals surface area (Å²) < 4.78 is 5.29. The van der Waals surface area contributed by atoms with Crippen molar-refractivity contribution < 1.29 is 14.3 Å². The monoisotopic (exact) mass is 364 g/mol. The van der Waals surface area contributed by atoms with Crippen LogP contribution in [0.2, 0.25) is 0 Å². The van der Waals surface area contributed by atoms with Crippen LogP contribution in [0.3, 0.4) is 0 Å². The van der Waals surface area contributed by atoms with Gasteiger partial charge in [-0.25, -0.2) is 4.79 Å². The van der Waals surface area contributed by atoms with E-state index in [1.807, 2.05) is 37.3 Å². The predicted octanol–water partition coefficient (Wildman–Crippen LogP) is 2.95. The normalized spacial score (nSPS) is 13.0. The summed E-state index contributed by atoms with van der Waals surface area (Å²) in [4.78, 5) is 39.3. The van der Waals surface area contributed by atoms with Crippen LogP contribution in [0.25, 0.3) is 10.9 Å². The maximum atomic E-state index is 12.5. The first-order valence-electron chi connectivity index (χ1n) is 8.64. The van der Waals surface area contributed by atoms with Crippen molar-refractivity contribution in [1.82, 2.24) is 10.3 Å². The third-order valence-electron chi connectivity index (χ3n) is 4.28. The van der Waals surface area contributed by atoms with Gasteiger partial charge in [0.1, 0.15) is 0 Å². The minimum atomic E-state index is -0.998. The Hall–Kier alpha value is -3.41. The lowest BCUT2D eigenvalue weighted by atomic mass is 10.1. The third-order valence-corrected chi connectivity index (χ3v) is 4.28. The van der Waals surface area contributed by atoms with Crippen LogP contribution < -0.4 is 10.9 Å². The van der Waals surface area contributed by atoms with E-state index in [0.717, 1.165) is 5.56 Å². The van der Waals surface area contributed by atoms with Crippen LogP contribution in [0.15, 0.2) is 65.5 Å². The molecule has 27 heavy (non-hydrogen) atoms. The van der Waals surface area contributed by atoms with Crippen molar-refractivity contribution in [2.75, 3.05) is 0 Å². The van der Waals surface area contributed by atoms with Gasteiger partial charge in [-0.1, -0.05) is 48.5 Å². The first-order valence-corrected chi connectivity index (χ1v) is 8.64. The number of aromatic amines is 1. The molecular weight excluding hydrogens is 344 g/mol. The summed E-state index contributed by atoms with van der Waals surface area (Å²) in [5.41, 5.74) is 1.21. The van der Waals surface area contributed by atoms with E-state index >= 15 is 0 Å². The molecule has 2 atom stereocenters. The van der Waals surface area contributed by atoms with Crippen molar-refractivity contribution in [2.45, 2.75) is 26.0 Å². The maximum absolute atomic E-state index is 12.5. The molecule has 2 aromatic carbocycles. The maximum Gasteiger partial charge on any atom is 0.339 e. The molecule has 138 valence electrons. The fourth-order valence-corrected chi connectivity index (χ4v) is 2.81. The second-order valence-corrected chi connectivity index (χ2v) is 6.28. The Bertz CT molecular complexity index is 1030. The molecule has 0 aliphatic heterocycles. The highest BCUT2D eigenvalue weighted by Gasteiger charge is 2.22. The quantitative estimate of drug-likeness (QED) is 0.681. The fourth-order valence-electron chi connectivity index (χ4n) is 2.81. The van der Waals surface area contributed by atoms with Crippen LogP contribution in [0, 0.1) is 0 Å². The summed E-state index contributed by atoms with van der Waals surface area (Å²) in [5, 5.41) is 3.38. The molecule has 3 aromatic rings. The highest BCUT2D eigenvalue weighted by Crippen LogP contribution is 2.17. The van der Waals surface area contributed by atoms with Gasteiger partial charge in [-0.15, -0.1) is 0 Å². The fraction of sp³-hybridized carbons (Fsp3) is 0.190. The van der Waals surface area contributed by atoms with Crippen molar-refractivity contribution in [1.29, 1.82) is 0 Å². The lowest BCUT2D eigenvalue weighted by molar-refractivity contribution is -0.129. The molecule has 0 saturated heterocycles. The van der Waals surface area contributed by atoms with Crippen LogP contribution >= 0.6 is 0 Å². The SMILES string of the molecule is CC(OC(=O)c1cc(=O)[nH]c2ccccc12)C(=O)NC(C)c1ccccc1. The number of benzene rings is 2. The van der Waals surface area contributed by atoms with E-state index in [1.54, 1.807) is 24.3 Å². The average Bonchev–Trinajstić information content (AvgIpc) is 2.67. The zero-order valence-corrected chi connectivity index (χ0v) is 15.1. The number of rotatable bonds is 5. The highest BCUT2D eigenvalue weighted by molar-refractivity contribution is 6.03. The number of para-hydroxylation sites is 1. The average molecular weight is 364 g/mol. The Labute approximate surface area is 156 Å². The number of pyridine rings is 1. The van der Waals surface area contributed by atoms with Gasteiger partial charge in [0.05, 0.1) is 11.6 Å². The van der Waals surface area contributed by atoms with Crippen LogP contribution in [-0.2, 0) is 9.53 Å². The molecule has 0 aliphatic carbocycles. The van der Waals surface area contributed by atoms with E-state index < -0.39 is 23.5 Å². The van der Waals surface area contributed by atoms with Crippen molar-refractivity contribution in [3.63, 3.8) is 0 Å². The Morgan fingerprint density at radius 2 is 1.67 bits per heavy atom. The van der Waals surface area contributed by atoms with E-state index in [9.17, 15) is 14.4 Å². The van der Waals surface area contributed by atoms with Gasteiger partial charge < -0.3 is 15.0 Å². The second kappa shape index (κ2) is 7.86. The van der Waals surface area contributed by atoms with E-state index in [-0.39, 0.29) is 11.6 Å². The van der Waals surface area contributed by atoms with E-state index in [0.29, 0.717) is 10.9 Å². The molecule has 0 radical (unpaired) electrons. The first kappa shape index (κ1) is 18.4. The number of hydrogen-bond acceptors (Lipinski definition) is 4. The van der Waals surface area contributed by atoms with Crippen molar-refractivity contribution >= 4 is 22.8 Å². The number of carbonyl (C=O) groups excluding carboxylic acids is 2. The summed E-state index contributed by atoms with van der Waals surface area (Å²) >= 11 is 0. The summed E-state index contributed by atoms with van der Waals surface area (Å²) in [5.74, 6) is -1.12. The number of H-pyrrole nitrogens is 1. The molecule has 3 rings (SSSR count). The molecule has 0 spiro atoms. The van der Waals surface area contributed by atoms with Gasteiger partial charge in [-0.3, -0.25) is 9.59 Å². The lowest BCUT2D eigenvalue weighted by Gasteiger charge is -2.18. The smallest absolute Gasteiger partial charge is 0.339 e. The Balaban J connectivity index is 1.72. The Morgan fingerprint density at radius 3 is 2.41 bits per heavy atom. The summed E-state index contributed by atoms with van der Waals surface area (Å²) in [6.07, 6.45) is -0.998. The summed E-state index contributed by atoms with van der Waals surface area (Å²) in [7, 11) is 0. The van der Waals surface area contributed by atoms with Gasteiger partial charge >= 0.3 is 5.97 Å². The number of hydrogen-bond donors (Lipinski definition) is 2. The van der Waals surface area contributed by atoms with E-state index in [4.69, 9.17) is 4.74 Å². The Kier molecular flexibility index (Phi) is 5.35. The summed E-state index contributed by atoms with van der Waals surface area (Å²) in [6, 6.07) is 17.4. The molecule has 6 heteroatoms. The number of carbonyl (C=O) groups is 2. The summed E-state index contributed by atoms with van der Waals surface area (Å²) in [6.45, 7) is 3.35. The van der Waals surface area contributed by atoms with Gasteiger partial charge in [0.15, 0.2) is 6.10 Å². The van der Waals surface area contributed by atoms with Gasteiger partial charge in [-0.05, 0) is 25.5 Å². The molecule has 1 amide bonds. The predicted molar refractivity (Wildman–Crippen MR) is 102 cm³/mol. The van der Waals surface area contributed by atoms with Gasteiger partial charge in [0, 0.05) is 17.0 Å². The van der Waals surface area contributed by atoms with Crippen LogP contribution in [0.5, 0.6) is 0 Å². The number of fused-ring (bicyclic) bond motifs is 1. The number of aromatic nitrogens is 1. The molecule has 0 saturated carbocycles. The molecule has 2 N–H and O–H groups in total. The molecule has 1 heterocycles. The zero-order chi connectivity index (χ0) is 19.4. The van der Waals surface area contributed by atoms with Crippen molar-refractivity contribution in [3.8, 4) is 0 Å². The van der Waals surface area contributed by atoms with Crippen LogP contribution in [0.4, 0.5) is 0 Å². The molecule has 6 nitrogen and oxygen atoms in total. The van der Waals surface area contributed by atoms with Gasteiger partial charge in [0.2, 0.25) is 5.56 Å². The van der Waals surface area contributed by atoms with Crippen LogP contribution in [0.1, 0.15) is 35.8 Å². The zero-order valence-electron chi connectivity index (χ0n) is 15.1. The van der Waals surface area contributed by atoms with E-state index in [1.165, 1.54) is 13.0 Å². The molecule has 2 unspecified atom stereocenters. The largest absolute Gasteiger partial charge is 0.449 e. The second-order valence-electron chi connectivity index (χ2n) is 6.28. The standard InChI is InChI=1S/C21H20N2O4/c1-13(15-8-4-3-5-9-15)22-20(25)14(2)27-21(26)17-12-19(24)23-18-11-7-6-10-16(17)18/h3-14H,1-2H3,(H,22,25)(H,23,24). The van der Waals surface area contributed by atoms with Crippen molar-refractivity contribution in [2.24, 2.45) is 0 Å². The highest BCUT2D eigenvalue weighted by atomic mass is 16.5. The molecule has 0 bridgehead atoms. The molecule has 0 fully saturated rings. The lowest BCUT2D eigenvalue weighted by Crippen LogP contribution is -2.37. The minimum Gasteiger partial charge on any atom is -0.449 e. The van der Waals surface area contributed by atoms with Crippen LogP contribution in [-0.4, -0.2) is 23.0 Å². The first-order chi connectivity index (χ1) is 13.0. The Morgan fingerprint density at radius 1 is 1.00 bits per heavy atom. The molecule has 1 aromatic heterocycles.